The molecule has 0 radical (unpaired) electrons. The summed E-state index contributed by atoms with van der Waals surface area (Å²) in [6.07, 6.45) is 0. The summed E-state index contributed by atoms with van der Waals surface area (Å²) in [6, 6.07) is 16.5. The van der Waals surface area contributed by atoms with Gasteiger partial charge in [0.1, 0.15) is 9.96 Å². The molecule has 0 amide bonds. The van der Waals surface area contributed by atoms with Crippen molar-refractivity contribution in [1.29, 1.82) is 0 Å². The van der Waals surface area contributed by atoms with Gasteiger partial charge in [-0.3, -0.25) is 0 Å². The van der Waals surface area contributed by atoms with Crippen molar-refractivity contribution in [3.05, 3.63) is 65.5 Å². The van der Waals surface area contributed by atoms with Crippen LogP contribution < -0.4 is 0 Å². The van der Waals surface area contributed by atoms with E-state index in [9.17, 15) is 18.3 Å². The van der Waals surface area contributed by atoms with E-state index in [1.807, 2.05) is 0 Å². The van der Waals surface area contributed by atoms with Gasteiger partial charge in [0.05, 0.1) is 17.6 Å². The summed E-state index contributed by atoms with van der Waals surface area (Å²) < 4.78 is 30.7. The first-order valence-corrected chi connectivity index (χ1v) is 9.56. The molecule has 0 saturated carbocycles. The van der Waals surface area contributed by atoms with E-state index in [1.54, 1.807) is 48.5 Å². The van der Waals surface area contributed by atoms with E-state index in [4.69, 9.17) is 0 Å². The first-order valence-electron chi connectivity index (χ1n) is 7.26. The highest BCUT2D eigenvalue weighted by molar-refractivity contribution is 7.93. The zero-order valence-corrected chi connectivity index (χ0v) is 14.8. The Morgan fingerprint density at radius 3 is 2.12 bits per heavy atom. The minimum absolute atomic E-state index is 0.0878. The van der Waals surface area contributed by atoms with Crippen molar-refractivity contribution in [3.63, 3.8) is 0 Å². The second kappa shape index (κ2) is 6.70. The average molecular weight is 374 g/mol. The van der Waals surface area contributed by atoms with Crippen molar-refractivity contribution in [1.82, 2.24) is 0 Å². The number of carbonyl (C=O) groups excluding carboxylic acids is 1. The molecule has 2 aromatic carbocycles. The molecule has 128 valence electrons. The molecule has 7 heteroatoms. The fourth-order valence-corrected chi connectivity index (χ4v) is 5.45. The van der Waals surface area contributed by atoms with Crippen LogP contribution in [-0.4, -0.2) is 26.6 Å². The van der Waals surface area contributed by atoms with Crippen molar-refractivity contribution in [2.45, 2.75) is 9.10 Å². The van der Waals surface area contributed by atoms with Gasteiger partial charge in [-0.2, -0.15) is 0 Å². The van der Waals surface area contributed by atoms with E-state index < -0.39 is 21.6 Å². The predicted octanol–water partition coefficient (Wildman–Crippen LogP) is 3.74. The van der Waals surface area contributed by atoms with Crippen LogP contribution >= 0.6 is 11.3 Å². The number of ether oxygens (including phenoxy) is 1. The van der Waals surface area contributed by atoms with E-state index in [0.717, 1.165) is 0 Å². The van der Waals surface area contributed by atoms with Crippen LogP contribution in [0.15, 0.2) is 69.8 Å². The number of rotatable bonds is 4. The first-order chi connectivity index (χ1) is 12.0. The monoisotopic (exact) mass is 374 g/mol. The molecule has 1 N–H and O–H groups in total. The van der Waals surface area contributed by atoms with Crippen LogP contribution in [0.2, 0.25) is 0 Å². The highest BCUT2D eigenvalue weighted by Crippen LogP contribution is 2.46. The van der Waals surface area contributed by atoms with Crippen molar-refractivity contribution < 1.29 is 23.1 Å². The minimum atomic E-state index is -3.91. The lowest BCUT2D eigenvalue weighted by Crippen LogP contribution is -2.01. The highest BCUT2D eigenvalue weighted by Gasteiger charge is 2.32. The molecule has 0 saturated heterocycles. The smallest absolute Gasteiger partial charge is 0.351 e. The number of hydrogen-bond acceptors (Lipinski definition) is 6. The number of esters is 1. The summed E-state index contributed by atoms with van der Waals surface area (Å²) in [5, 5.41) is 10.5. The quantitative estimate of drug-likeness (QED) is 0.704. The molecule has 0 bridgehead atoms. The Labute approximate surface area is 149 Å². The Kier molecular flexibility index (Phi) is 4.61. The van der Waals surface area contributed by atoms with Gasteiger partial charge in [-0.05, 0) is 17.7 Å². The number of hydrogen-bond donors (Lipinski definition) is 1. The summed E-state index contributed by atoms with van der Waals surface area (Å²) in [6.45, 7) is 0. The molecular weight excluding hydrogens is 360 g/mol. The number of aromatic hydroxyl groups is 1. The van der Waals surface area contributed by atoms with Crippen molar-refractivity contribution in [3.8, 4) is 16.9 Å². The van der Waals surface area contributed by atoms with Gasteiger partial charge < -0.3 is 9.84 Å². The minimum Gasteiger partial charge on any atom is -0.505 e. The Morgan fingerprint density at radius 1 is 1.00 bits per heavy atom. The number of thiophene rings is 1. The van der Waals surface area contributed by atoms with Crippen LogP contribution in [0.1, 0.15) is 9.67 Å². The Morgan fingerprint density at radius 2 is 1.56 bits per heavy atom. The Bertz CT molecular complexity index is 1010. The van der Waals surface area contributed by atoms with E-state index in [0.29, 0.717) is 16.9 Å². The largest absolute Gasteiger partial charge is 0.505 e. The van der Waals surface area contributed by atoms with Gasteiger partial charge in [-0.25, -0.2) is 13.2 Å². The summed E-state index contributed by atoms with van der Waals surface area (Å²) >= 11 is 0.703. The maximum atomic E-state index is 13.1. The van der Waals surface area contributed by atoms with E-state index in [2.05, 4.69) is 4.74 Å². The molecule has 0 fully saturated rings. The third kappa shape index (κ3) is 3.04. The molecule has 0 spiro atoms. The molecule has 3 rings (SSSR count). The molecule has 0 aliphatic carbocycles. The lowest BCUT2D eigenvalue weighted by Gasteiger charge is -2.06. The predicted molar refractivity (Wildman–Crippen MR) is 94.7 cm³/mol. The van der Waals surface area contributed by atoms with E-state index >= 15 is 0 Å². The SMILES string of the molecule is COC(=O)c1sc(S(=O)(=O)c2ccccc2)c(-c2ccccc2)c1O. The van der Waals surface area contributed by atoms with Crippen molar-refractivity contribution in [2.75, 3.05) is 7.11 Å². The maximum Gasteiger partial charge on any atom is 0.351 e. The van der Waals surface area contributed by atoms with E-state index in [1.165, 1.54) is 19.2 Å². The standard InChI is InChI=1S/C18H14O5S2/c1-23-17(20)16-15(19)14(12-8-4-2-5-9-12)18(24-16)25(21,22)13-10-6-3-7-11-13/h2-11,19H,1H3. The van der Waals surface area contributed by atoms with Crippen LogP contribution in [0.4, 0.5) is 0 Å². The van der Waals surface area contributed by atoms with Crippen molar-refractivity contribution in [2.24, 2.45) is 0 Å². The van der Waals surface area contributed by atoms with E-state index in [-0.39, 0.29) is 19.5 Å². The fourth-order valence-electron chi connectivity index (χ4n) is 2.39. The Balaban J connectivity index is 2.31. The summed E-state index contributed by atoms with van der Waals surface area (Å²) in [5.41, 5.74) is 0.607. The molecule has 3 aromatic rings. The number of carbonyl (C=O) groups is 1. The molecule has 0 atom stereocenters. The average Bonchev–Trinajstić information content (AvgIpc) is 3.00. The molecule has 25 heavy (non-hydrogen) atoms. The summed E-state index contributed by atoms with van der Waals surface area (Å²) in [4.78, 5) is 11.9. The molecule has 5 nitrogen and oxygen atoms in total. The second-order valence-corrected chi connectivity index (χ2v) is 8.28. The lowest BCUT2D eigenvalue weighted by atomic mass is 10.1. The van der Waals surface area contributed by atoms with Crippen molar-refractivity contribution >= 4 is 27.1 Å². The number of methoxy groups -OCH3 is 1. The first kappa shape index (κ1) is 17.2. The number of sulfone groups is 1. The molecule has 0 aliphatic rings. The fraction of sp³-hybridized carbons (Fsp3) is 0.0556. The number of benzene rings is 2. The zero-order valence-electron chi connectivity index (χ0n) is 13.2. The molecular formula is C18H14O5S2. The zero-order chi connectivity index (χ0) is 18.0. The topological polar surface area (TPSA) is 80.7 Å². The normalized spacial score (nSPS) is 11.2. The van der Waals surface area contributed by atoms with Crippen LogP contribution in [0.25, 0.3) is 11.1 Å². The maximum absolute atomic E-state index is 13.1. The third-order valence-corrected chi connectivity index (χ3v) is 7.03. The molecule has 1 heterocycles. The van der Waals surface area contributed by atoms with Crippen LogP contribution in [0.5, 0.6) is 5.75 Å². The van der Waals surface area contributed by atoms with Crippen LogP contribution in [0, 0.1) is 0 Å². The summed E-state index contributed by atoms with van der Waals surface area (Å²) in [7, 11) is -2.73. The van der Waals surface area contributed by atoms with Gasteiger partial charge in [-0.1, -0.05) is 48.5 Å². The second-order valence-electron chi connectivity index (χ2n) is 5.12. The van der Waals surface area contributed by atoms with Gasteiger partial charge in [0.2, 0.25) is 9.84 Å². The highest BCUT2D eigenvalue weighted by atomic mass is 32.2. The van der Waals surface area contributed by atoms with Gasteiger partial charge in [0.25, 0.3) is 0 Å². The van der Waals surface area contributed by atoms with Gasteiger partial charge in [0, 0.05) is 0 Å². The van der Waals surface area contributed by atoms with Crippen LogP contribution in [0.3, 0.4) is 0 Å². The molecule has 1 aromatic heterocycles. The van der Waals surface area contributed by atoms with Gasteiger partial charge in [0.15, 0.2) is 4.88 Å². The molecule has 0 aliphatic heterocycles. The summed E-state index contributed by atoms with van der Waals surface area (Å²) in [5.74, 6) is -1.17. The third-order valence-electron chi connectivity index (χ3n) is 3.58. The van der Waals surface area contributed by atoms with Gasteiger partial charge in [-0.15, -0.1) is 11.3 Å². The van der Waals surface area contributed by atoms with Crippen LogP contribution in [-0.2, 0) is 14.6 Å². The van der Waals surface area contributed by atoms with Gasteiger partial charge >= 0.3 is 5.97 Å². The molecule has 0 unspecified atom stereocenters. The lowest BCUT2D eigenvalue weighted by molar-refractivity contribution is 0.0603. The Hall–Kier alpha value is -2.64.